The summed E-state index contributed by atoms with van der Waals surface area (Å²) in [6.45, 7) is 2.15. The number of aryl methyl sites for hydroxylation is 1. The van der Waals surface area contributed by atoms with Crippen LogP contribution in [-0.2, 0) is 27.3 Å². The molecule has 1 aliphatic heterocycles. The highest BCUT2D eigenvalue weighted by molar-refractivity contribution is 7.16. The maximum Gasteiger partial charge on any atom is 0.325 e. The summed E-state index contributed by atoms with van der Waals surface area (Å²) in [5.41, 5.74) is 3.65. The Hall–Kier alpha value is -3.71. The van der Waals surface area contributed by atoms with Crippen LogP contribution in [0.3, 0.4) is 0 Å². The first-order valence-corrected chi connectivity index (χ1v) is 12.5. The molecule has 0 aliphatic carbocycles. The molecule has 0 unspecified atom stereocenters. The summed E-state index contributed by atoms with van der Waals surface area (Å²) in [6, 6.07) is 21.3. The van der Waals surface area contributed by atoms with Gasteiger partial charge in [-0.25, -0.2) is 0 Å². The zero-order valence-electron chi connectivity index (χ0n) is 19.7. The van der Waals surface area contributed by atoms with Crippen molar-refractivity contribution in [1.29, 1.82) is 0 Å². The first-order valence-electron chi connectivity index (χ1n) is 11.7. The highest BCUT2D eigenvalue weighted by Crippen LogP contribution is 2.44. The molecule has 35 heavy (non-hydrogen) atoms. The molecule has 0 bridgehead atoms. The summed E-state index contributed by atoms with van der Waals surface area (Å²) in [6.07, 6.45) is 3.22. The van der Waals surface area contributed by atoms with Crippen molar-refractivity contribution in [3.63, 3.8) is 0 Å². The minimum atomic E-state index is -0.590. The van der Waals surface area contributed by atoms with Gasteiger partial charge in [0.15, 0.2) is 4.80 Å². The minimum absolute atomic E-state index is 0.0160. The normalized spacial score (nSPS) is 13.3. The third kappa shape index (κ3) is 4.51. The van der Waals surface area contributed by atoms with Crippen LogP contribution in [0.5, 0.6) is 11.5 Å². The lowest BCUT2D eigenvalue weighted by Crippen LogP contribution is -2.25. The number of benzene rings is 3. The average molecular weight is 487 g/mol. The molecule has 0 atom stereocenters. The molecule has 0 radical (unpaired) electrons. The molecule has 2 heterocycles. The number of rotatable bonds is 6. The van der Waals surface area contributed by atoms with Crippen molar-refractivity contribution < 1.29 is 19.1 Å². The van der Waals surface area contributed by atoms with Crippen molar-refractivity contribution in [2.24, 2.45) is 4.99 Å². The Labute approximate surface area is 207 Å². The predicted octanol–water partition coefficient (Wildman–Crippen LogP) is 5.58. The number of aromatic nitrogens is 1. The Morgan fingerprint density at radius 1 is 1.03 bits per heavy atom. The number of esters is 1. The fourth-order valence-corrected chi connectivity index (χ4v) is 5.52. The fraction of sp³-hybridized carbons (Fsp3) is 0.250. The van der Waals surface area contributed by atoms with Gasteiger partial charge in [-0.15, -0.1) is 0 Å². The summed E-state index contributed by atoms with van der Waals surface area (Å²) in [4.78, 5) is 31.0. The Bertz CT molecular complexity index is 1440. The number of hydrogen-bond acceptors (Lipinski definition) is 5. The molecule has 0 fully saturated rings. The lowest BCUT2D eigenvalue weighted by Gasteiger charge is -2.25. The van der Waals surface area contributed by atoms with Crippen LogP contribution >= 0.6 is 11.3 Å². The zero-order valence-corrected chi connectivity index (χ0v) is 20.5. The monoisotopic (exact) mass is 486 g/mol. The van der Waals surface area contributed by atoms with Crippen LogP contribution in [0.25, 0.3) is 10.2 Å². The highest BCUT2D eigenvalue weighted by atomic mass is 32.1. The first kappa shape index (κ1) is 23.1. The maximum atomic E-state index is 13.7. The van der Waals surface area contributed by atoms with Crippen LogP contribution in [0.2, 0.25) is 0 Å². The first-order chi connectivity index (χ1) is 17.1. The van der Waals surface area contributed by atoms with E-state index in [1.165, 1.54) is 24.0 Å². The van der Waals surface area contributed by atoms with E-state index < -0.39 is 11.9 Å². The molecule has 7 heteroatoms. The number of nitrogens with zero attached hydrogens (tertiary/aromatic N) is 2. The average Bonchev–Trinajstić information content (AvgIpc) is 3.21. The molecule has 0 saturated heterocycles. The third-order valence-electron chi connectivity index (χ3n) is 6.21. The molecule has 4 aromatic rings. The Balaban J connectivity index is 1.63. The molecule has 6 nitrogen and oxygen atoms in total. The van der Waals surface area contributed by atoms with Crippen LogP contribution in [-0.4, -0.2) is 23.6 Å². The number of methoxy groups -OCH3 is 1. The predicted molar refractivity (Wildman–Crippen MR) is 136 cm³/mol. The number of amides is 1. The maximum absolute atomic E-state index is 13.7. The third-order valence-corrected chi connectivity index (χ3v) is 7.25. The molecule has 1 aromatic heterocycles. The van der Waals surface area contributed by atoms with Crippen molar-refractivity contribution in [3.05, 3.63) is 88.2 Å². The minimum Gasteiger partial charge on any atom is -0.468 e. The number of thiazole rings is 1. The summed E-state index contributed by atoms with van der Waals surface area (Å²) >= 11 is 1.42. The van der Waals surface area contributed by atoms with E-state index in [9.17, 15) is 9.59 Å². The summed E-state index contributed by atoms with van der Waals surface area (Å²) in [5, 5.41) is 0. The van der Waals surface area contributed by atoms with Crippen LogP contribution in [0.15, 0.2) is 71.7 Å². The summed E-state index contributed by atoms with van der Waals surface area (Å²) in [5.74, 6) is 0.0197. The van der Waals surface area contributed by atoms with Gasteiger partial charge in [0.05, 0.1) is 23.2 Å². The SMILES string of the molecule is CCCCc1ccc2c(c1)sc(=NC(=O)C1c3ccccc3Oc3ccccc31)n2CC(=O)OC. The standard InChI is InChI=1S/C28H26N2O4S/c1-3-4-9-18-14-15-21-24(16-18)35-28(30(21)17-25(31)33-2)29-27(32)26-19-10-5-7-12-22(19)34-23-13-8-6-11-20(23)26/h5-8,10-16,26H,3-4,9,17H2,1-2H3. The van der Waals surface area contributed by atoms with E-state index in [4.69, 9.17) is 9.47 Å². The Kier molecular flexibility index (Phi) is 6.51. The second-order valence-electron chi connectivity index (χ2n) is 8.51. The van der Waals surface area contributed by atoms with Crippen molar-refractivity contribution in [2.45, 2.75) is 38.6 Å². The molecular formula is C28H26N2O4S. The Morgan fingerprint density at radius 3 is 2.37 bits per heavy atom. The van der Waals surface area contributed by atoms with E-state index in [0.717, 1.165) is 40.6 Å². The lowest BCUT2D eigenvalue weighted by molar-refractivity contribution is -0.141. The number of unbranched alkanes of at least 4 members (excludes halogenated alkanes) is 1. The topological polar surface area (TPSA) is 69.9 Å². The van der Waals surface area contributed by atoms with E-state index in [1.54, 1.807) is 4.57 Å². The van der Waals surface area contributed by atoms with Crippen LogP contribution < -0.4 is 9.54 Å². The number of hydrogen-bond donors (Lipinski definition) is 0. The van der Waals surface area contributed by atoms with Crippen molar-refractivity contribution in [1.82, 2.24) is 4.57 Å². The van der Waals surface area contributed by atoms with Gasteiger partial charge >= 0.3 is 5.97 Å². The van der Waals surface area contributed by atoms with Gasteiger partial charge in [-0.2, -0.15) is 4.99 Å². The van der Waals surface area contributed by atoms with Crippen LogP contribution in [0.4, 0.5) is 0 Å². The van der Waals surface area contributed by atoms with Gasteiger partial charge in [0.25, 0.3) is 5.91 Å². The van der Waals surface area contributed by atoms with E-state index in [2.05, 4.69) is 24.0 Å². The molecule has 3 aromatic carbocycles. The van der Waals surface area contributed by atoms with Gasteiger partial charge in [-0.1, -0.05) is 67.1 Å². The number of fused-ring (bicyclic) bond motifs is 3. The molecule has 0 N–H and O–H groups in total. The van der Waals surface area contributed by atoms with Gasteiger partial charge in [0.2, 0.25) is 0 Å². The van der Waals surface area contributed by atoms with E-state index in [-0.39, 0.29) is 12.5 Å². The molecule has 0 saturated carbocycles. The van der Waals surface area contributed by atoms with Crippen LogP contribution in [0, 0.1) is 0 Å². The van der Waals surface area contributed by atoms with Crippen LogP contribution in [0.1, 0.15) is 42.4 Å². The van der Waals surface area contributed by atoms with Gasteiger partial charge < -0.3 is 14.0 Å². The molecule has 1 amide bonds. The lowest BCUT2D eigenvalue weighted by atomic mass is 9.87. The number of para-hydroxylation sites is 2. The van der Waals surface area contributed by atoms with E-state index in [1.807, 2.05) is 54.6 Å². The van der Waals surface area contributed by atoms with Crippen molar-refractivity contribution >= 4 is 33.4 Å². The molecule has 0 spiro atoms. The molecule has 178 valence electrons. The number of carbonyl (C=O) groups is 2. The second kappa shape index (κ2) is 9.88. The zero-order chi connectivity index (χ0) is 24.4. The second-order valence-corrected chi connectivity index (χ2v) is 9.52. The van der Waals surface area contributed by atoms with Gasteiger partial charge in [0, 0.05) is 11.1 Å². The van der Waals surface area contributed by atoms with Gasteiger partial charge in [0.1, 0.15) is 18.0 Å². The fourth-order valence-electron chi connectivity index (χ4n) is 4.42. The van der Waals surface area contributed by atoms with Gasteiger partial charge in [-0.05, 0) is 42.7 Å². The number of carbonyl (C=O) groups excluding carboxylic acids is 2. The molecule has 5 rings (SSSR count). The van der Waals surface area contributed by atoms with E-state index >= 15 is 0 Å². The number of ether oxygens (including phenoxy) is 2. The quantitative estimate of drug-likeness (QED) is 0.334. The highest BCUT2D eigenvalue weighted by Gasteiger charge is 2.32. The largest absolute Gasteiger partial charge is 0.468 e. The molecular weight excluding hydrogens is 460 g/mol. The van der Waals surface area contributed by atoms with Crippen molar-refractivity contribution in [2.75, 3.05) is 7.11 Å². The smallest absolute Gasteiger partial charge is 0.325 e. The van der Waals surface area contributed by atoms with Gasteiger partial charge in [-0.3, -0.25) is 9.59 Å². The van der Waals surface area contributed by atoms with E-state index in [0.29, 0.717) is 16.3 Å². The Morgan fingerprint density at radius 2 is 1.71 bits per heavy atom. The van der Waals surface area contributed by atoms with Crippen molar-refractivity contribution in [3.8, 4) is 11.5 Å². The molecule has 1 aliphatic rings. The summed E-state index contributed by atoms with van der Waals surface area (Å²) < 4.78 is 13.7. The summed E-state index contributed by atoms with van der Waals surface area (Å²) in [7, 11) is 1.36.